The van der Waals surface area contributed by atoms with E-state index in [1.54, 1.807) is 0 Å². The summed E-state index contributed by atoms with van der Waals surface area (Å²) in [5.74, 6) is 2.54. The van der Waals surface area contributed by atoms with E-state index in [1.165, 1.54) is 31.4 Å². The van der Waals surface area contributed by atoms with Crippen molar-refractivity contribution in [2.45, 2.75) is 58.8 Å². The molecule has 3 heteroatoms. The molecule has 1 N–H and O–H groups in total. The van der Waals surface area contributed by atoms with Crippen LogP contribution in [-0.2, 0) is 6.42 Å². The van der Waals surface area contributed by atoms with E-state index >= 15 is 0 Å². The Morgan fingerprint density at radius 1 is 1.41 bits per heavy atom. The first-order valence-electron chi connectivity index (χ1n) is 6.71. The molecule has 1 saturated carbocycles. The Hall–Kier alpha value is -0.700. The zero-order valence-electron chi connectivity index (χ0n) is 11.0. The quantitative estimate of drug-likeness (QED) is 0.793. The molecule has 0 aliphatic heterocycles. The molecule has 1 aromatic rings. The third-order valence-electron chi connectivity index (χ3n) is 3.95. The van der Waals surface area contributed by atoms with Crippen LogP contribution in [-0.4, -0.2) is 9.97 Å². The molecule has 2 atom stereocenters. The van der Waals surface area contributed by atoms with E-state index in [1.807, 2.05) is 0 Å². The minimum atomic E-state index is 0.589. The van der Waals surface area contributed by atoms with Crippen molar-refractivity contribution >= 4 is 12.2 Å². The number of aryl methyl sites for hydroxylation is 1. The van der Waals surface area contributed by atoms with Crippen molar-refractivity contribution < 1.29 is 0 Å². The van der Waals surface area contributed by atoms with Gasteiger partial charge in [-0.05, 0) is 32.1 Å². The minimum Gasteiger partial charge on any atom is -0.347 e. The standard InChI is InChI=1S/C14H22N2S/c1-4-12-10(3)14(17)16-13(15-12)11-7-5-6-9(2)8-11/h9,11H,4-8H2,1-3H3,(H,15,16,17). The normalized spacial score (nSPS) is 24.9. The van der Waals surface area contributed by atoms with Crippen molar-refractivity contribution in [1.82, 2.24) is 9.97 Å². The third kappa shape index (κ3) is 2.76. The molecule has 0 saturated heterocycles. The molecule has 1 aliphatic carbocycles. The van der Waals surface area contributed by atoms with Gasteiger partial charge < -0.3 is 4.98 Å². The van der Waals surface area contributed by atoms with Crippen LogP contribution in [0, 0.1) is 17.5 Å². The number of nitrogens with zero attached hydrogens (tertiary/aromatic N) is 1. The lowest BCUT2D eigenvalue weighted by atomic mass is 9.82. The molecule has 1 aromatic heterocycles. The lowest BCUT2D eigenvalue weighted by Gasteiger charge is -2.26. The first-order valence-corrected chi connectivity index (χ1v) is 7.12. The van der Waals surface area contributed by atoms with E-state index < -0.39 is 0 Å². The first-order chi connectivity index (χ1) is 8.11. The maximum absolute atomic E-state index is 5.36. The SMILES string of the molecule is CCc1[nH]c(C2CCCC(C)C2)nc(=S)c1C. The average Bonchev–Trinajstić information content (AvgIpc) is 2.32. The highest BCUT2D eigenvalue weighted by molar-refractivity contribution is 7.71. The van der Waals surface area contributed by atoms with Gasteiger partial charge in [-0.15, -0.1) is 0 Å². The van der Waals surface area contributed by atoms with Crippen LogP contribution in [0.1, 0.15) is 62.5 Å². The van der Waals surface area contributed by atoms with Crippen molar-refractivity contribution in [3.8, 4) is 0 Å². The van der Waals surface area contributed by atoms with Crippen molar-refractivity contribution in [3.05, 3.63) is 21.7 Å². The van der Waals surface area contributed by atoms with E-state index in [-0.39, 0.29) is 0 Å². The average molecular weight is 250 g/mol. The van der Waals surface area contributed by atoms with E-state index in [4.69, 9.17) is 12.2 Å². The minimum absolute atomic E-state index is 0.589. The molecule has 1 aliphatic rings. The fourth-order valence-electron chi connectivity index (χ4n) is 2.83. The highest BCUT2D eigenvalue weighted by atomic mass is 32.1. The molecule has 1 fully saturated rings. The fraction of sp³-hybridized carbons (Fsp3) is 0.714. The summed E-state index contributed by atoms with van der Waals surface area (Å²) in [6, 6.07) is 0. The second kappa shape index (κ2) is 5.30. The lowest BCUT2D eigenvalue weighted by Crippen LogP contribution is -2.15. The monoisotopic (exact) mass is 250 g/mol. The summed E-state index contributed by atoms with van der Waals surface area (Å²) in [5.41, 5.74) is 2.41. The highest BCUT2D eigenvalue weighted by Crippen LogP contribution is 2.34. The second-order valence-corrected chi connectivity index (χ2v) is 5.74. The summed E-state index contributed by atoms with van der Waals surface area (Å²) in [7, 11) is 0. The zero-order valence-corrected chi connectivity index (χ0v) is 11.9. The number of aromatic nitrogens is 2. The van der Waals surface area contributed by atoms with Crippen LogP contribution in [0.25, 0.3) is 0 Å². The highest BCUT2D eigenvalue weighted by Gasteiger charge is 2.22. The number of rotatable bonds is 2. The third-order valence-corrected chi connectivity index (χ3v) is 4.35. The smallest absolute Gasteiger partial charge is 0.132 e. The molecule has 0 radical (unpaired) electrons. The number of hydrogen-bond acceptors (Lipinski definition) is 2. The van der Waals surface area contributed by atoms with Crippen molar-refractivity contribution in [1.29, 1.82) is 0 Å². The van der Waals surface area contributed by atoms with Gasteiger partial charge >= 0.3 is 0 Å². The largest absolute Gasteiger partial charge is 0.347 e. The molecule has 0 aromatic carbocycles. The number of hydrogen-bond donors (Lipinski definition) is 1. The summed E-state index contributed by atoms with van der Waals surface area (Å²) in [6.07, 6.45) is 6.21. The molecule has 0 bridgehead atoms. The zero-order chi connectivity index (χ0) is 12.4. The van der Waals surface area contributed by atoms with Gasteiger partial charge in [0.05, 0.1) is 0 Å². The molecule has 2 rings (SSSR count). The summed E-state index contributed by atoms with van der Waals surface area (Å²) < 4.78 is 0.786. The molecule has 2 unspecified atom stereocenters. The van der Waals surface area contributed by atoms with Gasteiger partial charge in [-0.3, -0.25) is 0 Å². The van der Waals surface area contributed by atoms with E-state index in [2.05, 4.69) is 30.7 Å². The lowest BCUT2D eigenvalue weighted by molar-refractivity contribution is 0.334. The van der Waals surface area contributed by atoms with Crippen LogP contribution in [0.2, 0.25) is 0 Å². The van der Waals surface area contributed by atoms with E-state index in [9.17, 15) is 0 Å². The molecule has 0 amide bonds. The summed E-state index contributed by atoms with van der Waals surface area (Å²) in [6.45, 7) is 6.58. The van der Waals surface area contributed by atoms with Crippen LogP contribution in [0.15, 0.2) is 0 Å². The van der Waals surface area contributed by atoms with Crippen molar-refractivity contribution in [3.63, 3.8) is 0 Å². The van der Waals surface area contributed by atoms with Gasteiger partial charge in [0.15, 0.2) is 0 Å². The Kier molecular flexibility index (Phi) is 3.97. The van der Waals surface area contributed by atoms with Gasteiger partial charge in [-0.1, -0.05) is 38.9 Å². The van der Waals surface area contributed by atoms with Crippen LogP contribution < -0.4 is 0 Å². The van der Waals surface area contributed by atoms with Crippen LogP contribution in [0.4, 0.5) is 0 Å². The van der Waals surface area contributed by atoms with Gasteiger partial charge in [0.2, 0.25) is 0 Å². The summed E-state index contributed by atoms with van der Waals surface area (Å²) in [4.78, 5) is 8.11. The summed E-state index contributed by atoms with van der Waals surface area (Å²) in [5, 5.41) is 0. The maximum atomic E-state index is 5.36. The van der Waals surface area contributed by atoms with Crippen LogP contribution in [0.5, 0.6) is 0 Å². The molecule has 2 nitrogen and oxygen atoms in total. The predicted molar refractivity (Wildman–Crippen MR) is 73.9 cm³/mol. The van der Waals surface area contributed by atoms with Crippen LogP contribution in [0.3, 0.4) is 0 Å². The topological polar surface area (TPSA) is 28.7 Å². The van der Waals surface area contributed by atoms with Gasteiger partial charge in [-0.25, -0.2) is 4.98 Å². The Morgan fingerprint density at radius 3 is 2.82 bits per heavy atom. The number of nitrogens with one attached hydrogen (secondary N) is 1. The Bertz CT molecular complexity index is 450. The van der Waals surface area contributed by atoms with Crippen molar-refractivity contribution in [2.24, 2.45) is 5.92 Å². The van der Waals surface area contributed by atoms with Gasteiger partial charge in [-0.2, -0.15) is 0 Å². The summed E-state index contributed by atoms with van der Waals surface area (Å²) >= 11 is 5.36. The van der Waals surface area contributed by atoms with Crippen LogP contribution >= 0.6 is 12.2 Å². The molecule has 94 valence electrons. The molecule has 0 spiro atoms. The van der Waals surface area contributed by atoms with Crippen molar-refractivity contribution in [2.75, 3.05) is 0 Å². The number of H-pyrrole nitrogens is 1. The Balaban J connectivity index is 2.32. The molecule has 17 heavy (non-hydrogen) atoms. The van der Waals surface area contributed by atoms with Gasteiger partial charge in [0, 0.05) is 17.2 Å². The predicted octanol–water partition coefficient (Wildman–Crippen LogP) is 4.30. The maximum Gasteiger partial charge on any atom is 0.132 e. The fourth-order valence-corrected chi connectivity index (χ4v) is 3.05. The van der Waals surface area contributed by atoms with Gasteiger partial charge in [0.1, 0.15) is 10.5 Å². The van der Waals surface area contributed by atoms with Gasteiger partial charge in [0.25, 0.3) is 0 Å². The van der Waals surface area contributed by atoms with E-state index in [0.29, 0.717) is 5.92 Å². The Labute approximate surface area is 109 Å². The molecular formula is C14H22N2S. The first kappa shape index (κ1) is 12.7. The second-order valence-electron chi connectivity index (χ2n) is 5.35. The Morgan fingerprint density at radius 2 is 2.18 bits per heavy atom. The molecular weight excluding hydrogens is 228 g/mol. The van der Waals surface area contributed by atoms with E-state index in [0.717, 1.165) is 28.4 Å². The number of aromatic amines is 1. The molecule has 1 heterocycles.